The Morgan fingerprint density at radius 1 is 0.455 bits per heavy atom. The van der Waals surface area contributed by atoms with Crippen molar-refractivity contribution in [3.63, 3.8) is 0 Å². The van der Waals surface area contributed by atoms with Crippen molar-refractivity contribution in [3.05, 3.63) is 122 Å². The average Bonchev–Trinajstić information content (AvgIpc) is 1.62. The number of carbonyl (C=O) groups is 3. The summed E-state index contributed by atoms with van der Waals surface area (Å²) in [6.07, 6.45) is 20.6. The Bertz CT molecular complexity index is 4640. The number of piperidine rings is 2. The third-order valence-corrected chi connectivity index (χ3v) is 25.1. The van der Waals surface area contributed by atoms with Gasteiger partial charge in [0.25, 0.3) is 17.7 Å². The van der Waals surface area contributed by atoms with Gasteiger partial charge in [0, 0.05) is 56.7 Å². The highest BCUT2D eigenvalue weighted by Crippen LogP contribution is 2.42. The maximum absolute atomic E-state index is 14.1. The average molecular weight is 1570 g/mol. The predicted octanol–water partition coefficient (Wildman–Crippen LogP) is 13.9. The minimum atomic E-state index is -0.403. The number of aliphatic hydroxyl groups is 3. The fourth-order valence-electron chi connectivity index (χ4n) is 15.4. The first-order chi connectivity index (χ1) is 53.3. The van der Waals surface area contributed by atoms with E-state index in [-0.39, 0.29) is 54.0 Å². The summed E-state index contributed by atoms with van der Waals surface area (Å²) in [4.78, 5) is 76.7. The van der Waals surface area contributed by atoms with Crippen LogP contribution in [-0.4, -0.2) is 193 Å². The van der Waals surface area contributed by atoms with Gasteiger partial charge in [-0.1, -0.05) is 6.42 Å². The lowest BCUT2D eigenvalue weighted by molar-refractivity contribution is 0.0534. The molecule has 3 saturated heterocycles. The number of halogens is 3. The molecule has 30 heteroatoms. The number of amides is 3. The number of carbonyl (C=O) groups excluding carboxylic acids is 3. The van der Waals surface area contributed by atoms with Gasteiger partial charge in [0.05, 0.1) is 72.3 Å². The summed E-state index contributed by atoms with van der Waals surface area (Å²) >= 11 is 4.04. The normalized spacial score (nSPS) is 20.8. The number of nitrogens with zero attached hydrogens (tertiary/aromatic N) is 9. The van der Waals surface area contributed by atoms with E-state index < -0.39 is 23.8 Å². The molecular weight excluding hydrogens is 1470 g/mol. The zero-order valence-corrected chi connectivity index (χ0v) is 65.3. The number of fused-ring (bicyclic) bond motifs is 3. The lowest BCUT2D eigenvalue weighted by atomic mass is 9.95. The summed E-state index contributed by atoms with van der Waals surface area (Å²) in [6, 6.07) is 13.2. The number of anilines is 6. The molecule has 3 saturated carbocycles. The van der Waals surface area contributed by atoms with Crippen molar-refractivity contribution in [1.82, 2.24) is 60.6 Å². The van der Waals surface area contributed by atoms with Gasteiger partial charge < -0.3 is 76.1 Å². The van der Waals surface area contributed by atoms with E-state index in [1.54, 1.807) is 18.2 Å². The van der Waals surface area contributed by atoms with Crippen LogP contribution in [0.4, 0.5) is 47.7 Å². The van der Waals surface area contributed by atoms with E-state index in [4.69, 9.17) is 14.2 Å². The largest absolute Gasteiger partial charge is 0.488 e. The summed E-state index contributed by atoms with van der Waals surface area (Å²) in [5, 5.41) is 51.3. The summed E-state index contributed by atoms with van der Waals surface area (Å²) in [7, 11) is 2.09. The number of aryl methyl sites for hydroxylation is 3. The first-order valence-electron chi connectivity index (χ1n) is 38.8. The zero-order chi connectivity index (χ0) is 76.8. The molecular formula is C80H100F3N15O9S3. The van der Waals surface area contributed by atoms with Gasteiger partial charge >= 0.3 is 0 Å². The third kappa shape index (κ3) is 20.6. The first-order valence-corrected chi connectivity index (χ1v) is 41.2. The van der Waals surface area contributed by atoms with Crippen molar-refractivity contribution in [2.24, 2.45) is 0 Å². The second-order valence-corrected chi connectivity index (χ2v) is 32.7. The topological polar surface area (TPSA) is 299 Å². The van der Waals surface area contributed by atoms with Gasteiger partial charge in [-0.15, -0.1) is 34.0 Å². The standard InChI is InChI=1S/2C27H34FN5O3S.C26H32FN5O3S/c1-17-23-25(32-21-9-8-18(28)14-22(21)36-20-7-4-6-19(34)15-20)30-16-31-27(23)37-24(17)26(35)29-10-5-13-33-11-2-3-12-33;1-17-23-25(32-21-10-5-18(28)15-22(21)36-20-8-6-19(34)7-9-20)30-16-31-27(23)37-24(17)26(35)29-11-14-33-12-3-2-4-13-33;1-15-22-24(31-20-7-6-16(27)12-21(20)35-19-5-3-4-18(33)13-19)28-14-29-26(22)36-23(15)25(34)30-17-8-10-32(2)11-9-17/h8-9,14,16,19-20,34H,2-7,10-13,15H2,1H3,(H,29,35)(H,30,31,32);5,10,15-16,19-20,34H,2-4,6-9,11-14H2,1H3,(H,29,35)(H,30,31,32);6-7,12,14,17-19,33H,3-5,8-11,13H2,1-2H3,(H,30,34)(H,28,29,31)/t19-,20-;;18-,19-/m0.0/s1. The van der Waals surface area contributed by atoms with Gasteiger partial charge in [0.2, 0.25) is 0 Å². The molecule has 9 aromatic rings. The molecule has 0 unspecified atom stereocenters. The fraction of sp³-hybridized carbons (Fsp3) is 0.512. The van der Waals surface area contributed by atoms with Crippen molar-refractivity contribution in [2.45, 2.75) is 192 Å². The third-order valence-electron chi connectivity index (χ3n) is 21.5. The number of likely N-dealkylation sites (tertiary alicyclic amines) is 3. The number of aromatic nitrogens is 6. The van der Waals surface area contributed by atoms with E-state index in [0.29, 0.717) is 120 Å². The molecule has 3 amide bonds. The highest BCUT2D eigenvalue weighted by atomic mass is 32.1. The molecule has 15 rings (SSSR count). The van der Waals surface area contributed by atoms with Gasteiger partial charge in [-0.05, 0) is 236 Å². The quantitative estimate of drug-likeness (QED) is 0.0269. The van der Waals surface area contributed by atoms with E-state index in [1.165, 1.54) is 121 Å². The van der Waals surface area contributed by atoms with E-state index in [1.807, 2.05) is 20.8 Å². The molecule has 0 radical (unpaired) electrons. The van der Waals surface area contributed by atoms with Gasteiger partial charge in [0.1, 0.15) is 97.8 Å². The number of thiophene rings is 3. The number of aliphatic hydroxyl groups excluding tert-OH is 3. The van der Waals surface area contributed by atoms with Crippen LogP contribution in [0.2, 0.25) is 0 Å². The van der Waals surface area contributed by atoms with E-state index in [0.717, 1.165) is 156 Å². The lowest BCUT2D eigenvalue weighted by Crippen LogP contribution is -2.43. The number of rotatable bonds is 23. The minimum Gasteiger partial charge on any atom is -0.488 e. The minimum absolute atomic E-state index is 0.0840. The summed E-state index contributed by atoms with van der Waals surface area (Å²) < 4.78 is 60.7. The second-order valence-electron chi connectivity index (χ2n) is 29.7. The SMILES string of the molecule is Cc1c(C(=O)NC2CCN(C)CC2)sc2ncnc(Nc3ccc(F)cc3O[C@H]3CCC[C@H](O)C3)c12.Cc1c(C(=O)NCCCN2CCCC2)sc2ncnc(Nc3ccc(F)cc3O[C@H]3CCC[C@H](O)C3)c12.Cc1c(C(=O)NCCN2CCCCC2)sc2ncnc(Nc3ccc(F)cc3OC3CCC(O)CC3)c12. The van der Waals surface area contributed by atoms with Crippen LogP contribution in [-0.2, 0) is 0 Å². The number of nitrogens with one attached hydrogen (secondary N) is 6. The van der Waals surface area contributed by atoms with E-state index >= 15 is 0 Å². The number of ether oxygens (including phenoxy) is 3. The summed E-state index contributed by atoms with van der Waals surface area (Å²) in [5.41, 5.74) is 4.15. The van der Waals surface area contributed by atoms with Crippen molar-refractivity contribution in [3.8, 4) is 17.2 Å². The van der Waals surface area contributed by atoms with Crippen LogP contribution in [0.15, 0.2) is 73.6 Å². The molecule has 6 aromatic heterocycles. The van der Waals surface area contributed by atoms with Gasteiger partial charge in [-0.25, -0.2) is 43.1 Å². The smallest absolute Gasteiger partial charge is 0.261 e. The summed E-state index contributed by atoms with van der Waals surface area (Å²) in [6.45, 7) is 15.3. The zero-order valence-electron chi connectivity index (χ0n) is 62.9. The molecule has 6 aliphatic rings. The van der Waals surface area contributed by atoms with Crippen LogP contribution in [0.5, 0.6) is 17.2 Å². The number of benzene rings is 3. The highest BCUT2D eigenvalue weighted by Gasteiger charge is 2.30. The first kappa shape index (κ1) is 79.6. The van der Waals surface area contributed by atoms with Gasteiger partial charge in [0.15, 0.2) is 0 Å². The molecule has 0 spiro atoms. The monoisotopic (exact) mass is 1570 g/mol. The Labute approximate surface area is 650 Å². The Hall–Kier alpha value is -8.46. The van der Waals surface area contributed by atoms with Crippen LogP contribution < -0.4 is 46.1 Å². The predicted molar refractivity (Wildman–Crippen MR) is 425 cm³/mol. The molecule has 0 bridgehead atoms. The molecule has 9 heterocycles. The second kappa shape index (κ2) is 37.7. The molecule has 4 atom stereocenters. The van der Waals surface area contributed by atoms with Gasteiger partial charge in [-0.3, -0.25) is 14.4 Å². The van der Waals surface area contributed by atoms with Crippen molar-refractivity contribution < 1.29 is 57.1 Å². The van der Waals surface area contributed by atoms with Crippen LogP contribution in [0.25, 0.3) is 30.6 Å². The van der Waals surface area contributed by atoms with E-state index in [2.05, 4.69) is 83.6 Å². The Morgan fingerprint density at radius 3 is 1.29 bits per heavy atom. The molecule has 24 nitrogen and oxygen atoms in total. The Morgan fingerprint density at radius 2 is 0.855 bits per heavy atom. The lowest BCUT2D eigenvalue weighted by Gasteiger charge is -2.29. The van der Waals surface area contributed by atoms with Crippen LogP contribution in [0.3, 0.4) is 0 Å². The van der Waals surface area contributed by atoms with E-state index in [9.17, 15) is 42.9 Å². The summed E-state index contributed by atoms with van der Waals surface area (Å²) in [5.74, 6) is 1.26. The van der Waals surface area contributed by atoms with Crippen molar-refractivity contribution in [2.75, 3.05) is 88.4 Å². The number of hydrogen-bond acceptors (Lipinski definition) is 24. The van der Waals surface area contributed by atoms with Crippen LogP contribution >= 0.6 is 34.0 Å². The molecule has 3 aromatic carbocycles. The Kier molecular flexibility index (Phi) is 27.3. The maximum atomic E-state index is 14.1. The van der Waals surface area contributed by atoms with Crippen LogP contribution in [0, 0.1) is 38.2 Å². The van der Waals surface area contributed by atoms with Crippen molar-refractivity contribution >= 4 is 117 Å². The molecule has 588 valence electrons. The Balaban J connectivity index is 0.000000145. The molecule has 9 N–H and O–H groups in total. The van der Waals surface area contributed by atoms with Crippen LogP contribution in [0.1, 0.15) is 174 Å². The van der Waals surface area contributed by atoms with Gasteiger partial charge in [-0.2, -0.15) is 0 Å². The fourth-order valence-corrected chi connectivity index (χ4v) is 18.5. The molecule has 110 heavy (non-hydrogen) atoms. The maximum Gasteiger partial charge on any atom is 0.261 e. The highest BCUT2D eigenvalue weighted by molar-refractivity contribution is 7.21. The van der Waals surface area contributed by atoms with Crippen molar-refractivity contribution in [1.29, 1.82) is 0 Å². The molecule has 3 aliphatic carbocycles. The number of hydrogen-bond donors (Lipinski definition) is 9. The molecule has 3 aliphatic heterocycles. The molecule has 6 fully saturated rings.